The molecule has 4 nitrogen and oxygen atoms in total. The zero-order valence-corrected chi connectivity index (χ0v) is 10.3. The molecule has 5 heteroatoms. The second-order valence-corrected chi connectivity index (χ2v) is 5.79. The van der Waals surface area contributed by atoms with Crippen LogP contribution in [0.15, 0.2) is 23.1 Å². The number of rotatable bonds is 2. The molecule has 0 aromatic heterocycles. The highest BCUT2D eigenvalue weighted by molar-refractivity contribution is 7.89. The molecule has 1 heterocycles. The Bertz CT molecular complexity index is 490. The molecule has 1 aromatic rings. The first-order valence-corrected chi connectivity index (χ1v) is 6.69. The van der Waals surface area contributed by atoms with E-state index >= 15 is 0 Å². The van der Waals surface area contributed by atoms with Gasteiger partial charge in [-0.15, -0.1) is 0 Å². The van der Waals surface area contributed by atoms with Gasteiger partial charge in [0.05, 0.1) is 11.5 Å². The Kier molecular flexibility index (Phi) is 3.01. The van der Waals surface area contributed by atoms with Gasteiger partial charge < -0.3 is 0 Å². The molecule has 0 bridgehead atoms. The average Bonchev–Trinajstić information content (AvgIpc) is 2.75. The van der Waals surface area contributed by atoms with E-state index in [-0.39, 0.29) is 0 Å². The summed E-state index contributed by atoms with van der Waals surface area (Å²) in [5.74, 6) is 0. The van der Waals surface area contributed by atoms with Crippen LogP contribution in [-0.2, 0) is 14.9 Å². The lowest BCUT2D eigenvalue weighted by Crippen LogP contribution is -2.26. The molecule has 0 saturated carbocycles. The maximum absolute atomic E-state index is 12.1. The highest BCUT2D eigenvalue weighted by Crippen LogP contribution is 2.21. The number of nitrogens with zero attached hydrogens (tertiary/aromatic N) is 1. The standard InChI is InChI=1S/C11H15NO3S/c1-9-4-5-11(8-10(9)2)16(13,14)12-6-3-7-15-12/h4-5,8H,3,6-7H2,1-2H3. The van der Waals surface area contributed by atoms with E-state index in [1.54, 1.807) is 12.1 Å². The number of benzene rings is 1. The molecule has 0 aliphatic carbocycles. The van der Waals surface area contributed by atoms with Gasteiger partial charge in [0.25, 0.3) is 10.0 Å². The molecule has 2 rings (SSSR count). The van der Waals surface area contributed by atoms with E-state index in [0.717, 1.165) is 22.0 Å². The van der Waals surface area contributed by atoms with E-state index in [9.17, 15) is 8.42 Å². The highest BCUT2D eigenvalue weighted by atomic mass is 32.2. The summed E-state index contributed by atoms with van der Waals surface area (Å²) < 4.78 is 25.3. The molecule has 1 aliphatic rings. The van der Waals surface area contributed by atoms with Gasteiger partial charge in [0.15, 0.2) is 0 Å². The Hall–Kier alpha value is -0.910. The normalized spacial score (nSPS) is 17.9. The predicted molar refractivity (Wildman–Crippen MR) is 60.4 cm³/mol. The van der Waals surface area contributed by atoms with Gasteiger partial charge in [-0.1, -0.05) is 10.5 Å². The van der Waals surface area contributed by atoms with Gasteiger partial charge in [-0.3, -0.25) is 4.84 Å². The smallest absolute Gasteiger partial charge is 0.265 e. The van der Waals surface area contributed by atoms with Crippen molar-refractivity contribution in [3.63, 3.8) is 0 Å². The van der Waals surface area contributed by atoms with Crippen molar-refractivity contribution in [3.8, 4) is 0 Å². The monoisotopic (exact) mass is 241 g/mol. The van der Waals surface area contributed by atoms with Crippen LogP contribution in [0.25, 0.3) is 0 Å². The number of aryl methyl sites for hydroxylation is 2. The van der Waals surface area contributed by atoms with Crippen LogP contribution in [0.2, 0.25) is 0 Å². The van der Waals surface area contributed by atoms with Crippen molar-refractivity contribution >= 4 is 10.0 Å². The Morgan fingerprint density at radius 1 is 1.25 bits per heavy atom. The van der Waals surface area contributed by atoms with Gasteiger partial charge in [-0.2, -0.15) is 0 Å². The Labute approximate surface area is 95.8 Å². The van der Waals surface area contributed by atoms with E-state index in [2.05, 4.69) is 0 Å². The molecule has 0 radical (unpaired) electrons. The number of hydroxylamine groups is 1. The molecular weight excluding hydrogens is 226 g/mol. The number of hydrogen-bond acceptors (Lipinski definition) is 3. The molecule has 0 unspecified atom stereocenters. The Morgan fingerprint density at radius 3 is 2.56 bits per heavy atom. The highest BCUT2D eigenvalue weighted by Gasteiger charge is 2.28. The molecule has 1 aromatic carbocycles. The zero-order chi connectivity index (χ0) is 11.8. The molecule has 0 N–H and O–H groups in total. The average molecular weight is 241 g/mol. The van der Waals surface area contributed by atoms with Crippen LogP contribution >= 0.6 is 0 Å². The van der Waals surface area contributed by atoms with Crippen LogP contribution < -0.4 is 0 Å². The fourth-order valence-corrected chi connectivity index (χ4v) is 2.99. The summed E-state index contributed by atoms with van der Waals surface area (Å²) >= 11 is 0. The maximum atomic E-state index is 12.1. The van der Waals surface area contributed by atoms with Gasteiger partial charge >= 0.3 is 0 Å². The van der Waals surface area contributed by atoms with E-state index in [4.69, 9.17) is 4.84 Å². The fraction of sp³-hybridized carbons (Fsp3) is 0.455. The van der Waals surface area contributed by atoms with E-state index in [1.807, 2.05) is 19.9 Å². The predicted octanol–water partition coefficient (Wildman–Crippen LogP) is 1.63. The third kappa shape index (κ3) is 1.98. The minimum Gasteiger partial charge on any atom is -0.284 e. The summed E-state index contributed by atoms with van der Waals surface area (Å²) in [6.45, 7) is 4.77. The third-order valence-corrected chi connectivity index (χ3v) is 4.44. The van der Waals surface area contributed by atoms with Crippen molar-refractivity contribution in [2.45, 2.75) is 25.2 Å². The van der Waals surface area contributed by atoms with Crippen molar-refractivity contribution in [1.82, 2.24) is 4.47 Å². The second kappa shape index (κ2) is 4.16. The Balaban J connectivity index is 2.39. The topological polar surface area (TPSA) is 46.6 Å². The molecule has 0 amide bonds. The molecule has 0 atom stereocenters. The first-order chi connectivity index (χ1) is 7.51. The van der Waals surface area contributed by atoms with E-state index < -0.39 is 10.0 Å². The molecule has 16 heavy (non-hydrogen) atoms. The zero-order valence-electron chi connectivity index (χ0n) is 9.43. The first-order valence-electron chi connectivity index (χ1n) is 5.25. The Morgan fingerprint density at radius 2 is 2.00 bits per heavy atom. The summed E-state index contributed by atoms with van der Waals surface area (Å²) in [4.78, 5) is 5.39. The minimum absolute atomic E-state index is 0.303. The summed E-state index contributed by atoms with van der Waals surface area (Å²) in [6, 6.07) is 5.13. The van der Waals surface area contributed by atoms with Gasteiger partial charge in [0, 0.05) is 6.54 Å². The van der Waals surface area contributed by atoms with Crippen LogP contribution in [-0.4, -0.2) is 26.0 Å². The molecule has 1 aliphatic heterocycles. The van der Waals surface area contributed by atoms with Gasteiger partial charge in [0.1, 0.15) is 0 Å². The number of sulfonamides is 1. The van der Waals surface area contributed by atoms with Crippen LogP contribution in [0.4, 0.5) is 0 Å². The van der Waals surface area contributed by atoms with Crippen molar-refractivity contribution in [3.05, 3.63) is 29.3 Å². The van der Waals surface area contributed by atoms with Crippen molar-refractivity contribution in [2.75, 3.05) is 13.2 Å². The van der Waals surface area contributed by atoms with Gasteiger partial charge in [-0.05, 0) is 43.5 Å². The molecular formula is C11H15NO3S. The van der Waals surface area contributed by atoms with Crippen LogP contribution in [0.5, 0.6) is 0 Å². The van der Waals surface area contributed by atoms with E-state index in [0.29, 0.717) is 18.0 Å². The lowest BCUT2D eigenvalue weighted by Gasteiger charge is -2.14. The lowest BCUT2D eigenvalue weighted by molar-refractivity contribution is -0.0284. The van der Waals surface area contributed by atoms with Crippen LogP contribution in [0.1, 0.15) is 17.5 Å². The minimum atomic E-state index is -3.47. The van der Waals surface area contributed by atoms with Crippen molar-refractivity contribution in [2.24, 2.45) is 0 Å². The first kappa shape index (κ1) is 11.6. The maximum Gasteiger partial charge on any atom is 0.265 e. The van der Waals surface area contributed by atoms with Crippen molar-refractivity contribution < 1.29 is 13.3 Å². The summed E-state index contributed by atoms with van der Waals surface area (Å²) in [7, 11) is -3.47. The third-order valence-electron chi connectivity index (χ3n) is 2.76. The van der Waals surface area contributed by atoms with Crippen molar-refractivity contribution in [1.29, 1.82) is 0 Å². The number of hydrogen-bond donors (Lipinski definition) is 0. The van der Waals surface area contributed by atoms with E-state index in [1.165, 1.54) is 0 Å². The lowest BCUT2D eigenvalue weighted by atomic mass is 10.1. The fourth-order valence-electron chi connectivity index (χ4n) is 1.61. The molecule has 1 saturated heterocycles. The summed E-state index contributed by atoms with van der Waals surface area (Å²) in [5.41, 5.74) is 2.06. The molecule has 88 valence electrons. The van der Waals surface area contributed by atoms with Gasteiger partial charge in [-0.25, -0.2) is 8.42 Å². The van der Waals surface area contributed by atoms with Crippen LogP contribution in [0.3, 0.4) is 0 Å². The quantitative estimate of drug-likeness (QED) is 0.790. The second-order valence-electron chi connectivity index (χ2n) is 3.96. The molecule has 1 fully saturated rings. The summed E-state index contributed by atoms with van der Waals surface area (Å²) in [5, 5.41) is 0. The van der Waals surface area contributed by atoms with Gasteiger partial charge in [0.2, 0.25) is 0 Å². The largest absolute Gasteiger partial charge is 0.284 e. The van der Waals surface area contributed by atoms with Crippen LogP contribution in [0, 0.1) is 13.8 Å². The molecule has 0 spiro atoms. The summed E-state index contributed by atoms with van der Waals surface area (Å²) in [6.07, 6.45) is 0.754. The SMILES string of the molecule is Cc1ccc(S(=O)(=O)N2CCCO2)cc1C.